The summed E-state index contributed by atoms with van der Waals surface area (Å²) in [5.41, 5.74) is 2.32. The number of rotatable bonds is 33. The Morgan fingerprint density at radius 3 is 0.903 bits per heavy atom. The third-order valence-corrected chi connectivity index (χ3v) is 13.0. The summed E-state index contributed by atoms with van der Waals surface area (Å²) in [7, 11) is -4.60. The van der Waals surface area contributed by atoms with Gasteiger partial charge in [0.1, 0.15) is 0 Å². The summed E-state index contributed by atoms with van der Waals surface area (Å²) >= 11 is 0. The summed E-state index contributed by atoms with van der Waals surface area (Å²) in [6.07, 6.45) is 13.5. The molecule has 3 rings (SSSR count). The predicted octanol–water partition coefficient (Wildman–Crippen LogP) is 13.0. The van der Waals surface area contributed by atoms with Crippen LogP contribution >= 0.6 is 7.82 Å². The van der Waals surface area contributed by atoms with Crippen LogP contribution in [0.25, 0.3) is 0 Å². The molecule has 3 aromatic rings. The van der Waals surface area contributed by atoms with Crippen molar-refractivity contribution in [2.24, 2.45) is 0 Å². The molecule has 0 spiro atoms. The van der Waals surface area contributed by atoms with Gasteiger partial charge in [0.2, 0.25) is 17.7 Å². The number of nitrogens with one attached hydrogen (secondary N) is 3. The van der Waals surface area contributed by atoms with Gasteiger partial charge in [0, 0.05) is 19.3 Å². The van der Waals surface area contributed by atoms with Gasteiger partial charge in [-0.1, -0.05) is 189 Å². The zero-order valence-electron chi connectivity index (χ0n) is 38.7. The van der Waals surface area contributed by atoms with E-state index in [9.17, 15) is 14.4 Å². The molecule has 0 unspecified atom stereocenters. The van der Waals surface area contributed by atoms with E-state index in [0.29, 0.717) is 19.3 Å². The Bertz CT molecular complexity index is 1520. The molecular formula is C51H78N3O7P. The summed E-state index contributed by atoms with van der Waals surface area (Å²) in [6.45, 7) is 11.7. The molecule has 0 aliphatic heterocycles. The quantitative estimate of drug-likeness (QED) is 0.0410. The van der Waals surface area contributed by atoms with Crippen molar-refractivity contribution in [1.29, 1.82) is 0 Å². The summed E-state index contributed by atoms with van der Waals surface area (Å²) < 4.78 is 35.1. The van der Waals surface area contributed by atoms with Crippen LogP contribution in [0, 0.1) is 0 Å². The van der Waals surface area contributed by atoms with E-state index in [0.717, 1.165) is 113 Å². The van der Waals surface area contributed by atoms with Crippen LogP contribution in [0.1, 0.15) is 192 Å². The first-order valence-electron chi connectivity index (χ1n) is 23.7. The van der Waals surface area contributed by atoms with Crippen LogP contribution in [0.3, 0.4) is 0 Å². The molecule has 62 heavy (non-hydrogen) atoms. The van der Waals surface area contributed by atoms with Crippen molar-refractivity contribution in [2.45, 2.75) is 194 Å². The SMILES string of the molecule is CCCCCCCC(=O)N[C@@H](c1ccccc1)[C@H](C)OP(=O)(O[C@@H](C)[C@@H](NC(=O)CCCCCCC)c1ccccc1)O[C@@H](C)[C@@H](NC(=O)CCCCCCC)c1ccccc1. The average molecular weight is 876 g/mol. The molecule has 3 aromatic carbocycles. The Morgan fingerprint density at radius 2 is 0.661 bits per heavy atom. The predicted molar refractivity (Wildman–Crippen MR) is 251 cm³/mol. The van der Waals surface area contributed by atoms with Gasteiger partial charge in [-0.2, -0.15) is 0 Å². The standard InChI is InChI=1S/C51H78N3O7P/c1-7-10-13-16-28-37-46(55)52-49(43-31-22-19-23-32-43)40(4)59-62(58,60-41(5)50(44-33-24-20-25-34-44)53-47(56)38-29-17-14-11-8-2)61-42(6)51(45-35-26-21-27-36-45)54-48(57)39-30-18-15-12-9-3/h19-27,31-36,40-42,49-51H,7-18,28-30,37-39H2,1-6H3,(H,52,55)(H,53,56)(H,54,57)/t40-,41-,42-,49+,50+,51+/m0/s1. The molecular weight excluding hydrogens is 798 g/mol. The third kappa shape index (κ3) is 20.1. The fourth-order valence-electron chi connectivity index (χ4n) is 7.67. The molecule has 11 heteroatoms. The molecule has 344 valence electrons. The number of hydrogen-bond donors (Lipinski definition) is 3. The maximum Gasteiger partial charge on any atom is 0.475 e. The molecule has 6 atom stereocenters. The van der Waals surface area contributed by atoms with Gasteiger partial charge >= 0.3 is 7.82 Å². The maximum absolute atomic E-state index is 15.5. The lowest BCUT2D eigenvalue weighted by Crippen LogP contribution is -2.39. The molecule has 0 aliphatic carbocycles. The minimum atomic E-state index is -4.60. The number of hydrogen-bond acceptors (Lipinski definition) is 7. The summed E-state index contributed by atoms with van der Waals surface area (Å²) in [5.74, 6) is -0.396. The lowest BCUT2D eigenvalue weighted by Gasteiger charge is -2.34. The maximum atomic E-state index is 15.5. The van der Waals surface area contributed by atoms with Crippen LogP contribution in [0.2, 0.25) is 0 Å². The van der Waals surface area contributed by atoms with Crippen LogP contribution in [0.5, 0.6) is 0 Å². The van der Waals surface area contributed by atoms with Crippen LogP contribution in [0.4, 0.5) is 0 Å². The third-order valence-electron chi connectivity index (χ3n) is 11.2. The van der Waals surface area contributed by atoms with E-state index in [2.05, 4.69) is 36.7 Å². The first kappa shape index (κ1) is 52.5. The van der Waals surface area contributed by atoms with E-state index in [1.807, 2.05) is 91.0 Å². The second kappa shape index (κ2) is 30.3. The number of unbranched alkanes of at least 4 members (excludes halogenated alkanes) is 12. The van der Waals surface area contributed by atoms with Crippen molar-refractivity contribution in [2.75, 3.05) is 0 Å². The number of benzene rings is 3. The van der Waals surface area contributed by atoms with E-state index >= 15 is 4.57 Å². The van der Waals surface area contributed by atoms with Gasteiger partial charge in [0.25, 0.3) is 0 Å². The van der Waals surface area contributed by atoms with Crippen molar-refractivity contribution in [3.05, 3.63) is 108 Å². The highest BCUT2D eigenvalue weighted by Crippen LogP contribution is 2.56. The number of phosphoric ester groups is 1. The number of phosphoric acid groups is 1. The molecule has 0 radical (unpaired) electrons. The Labute approximate surface area is 374 Å². The minimum absolute atomic E-state index is 0.132. The Morgan fingerprint density at radius 1 is 0.419 bits per heavy atom. The van der Waals surface area contributed by atoms with E-state index < -0.39 is 44.3 Å². The molecule has 0 fully saturated rings. The fourth-order valence-corrected chi connectivity index (χ4v) is 9.40. The van der Waals surface area contributed by atoms with E-state index in [-0.39, 0.29) is 17.7 Å². The summed E-state index contributed by atoms with van der Waals surface area (Å²) in [4.78, 5) is 40.4. The lowest BCUT2D eigenvalue weighted by molar-refractivity contribution is -0.123. The molecule has 0 saturated carbocycles. The van der Waals surface area contributed by atoms with Gasteiger partial charge in [-0.05, 0) is 56.7 Å². The van der Waals surface area contributed by atoms with Crippen LogP contribution in [-0.2, 0) is 32.5 Å². The number of carbonyl (C=O) groups excluding carboxylic acids is 3. The lowest BCUT2D eigenvalue weighted by atomic mass is 10.0. The second-order valence-corrected chi connectivity index (χ2v) is 18.3. The first-order valence-corrected chi connectivity index (χ1v) is 25.1. The highest BCUT2D eigenvalue weighted by Gasteiger charge is 2.41. The second-order valence-electron chi connectivity index (χ2n) is 16.7. The summed E-state index contributed by atoms with van der Waals surface area (Å²) in [6, 6.07) is 26.3. The Hall–Kier alpha value is -3.82. The molecule has 0 bridgehead atoms. The smallest absolute Gasteiger partial charge is 0.347 e. The molecule has 3 amide bonds. The van der Waals surface area contributed by atoms with Crippen LogP contribution in [-0.4, -0.2) is 36.0 Å². The molecule has 3 N–H and O–H groups in total. The van der Waals surface area contributed by atoms with Gasteiger partial charge in [-0.3, -0.25) is 28.0 Å². The van der Waals surface area contributed by atoms with Crippen LogP contribution < -0.4 is 16.0 Å². The molecule has 0 saturated heterocycles. The van der Waals surface area contributed by atoms with Crippen LogP contribution in [0.15, 0.2) is 91.0 Å². The van der Waals surface area contributed by atoms with Gasteiger partial charge in [0.05, 0.1) is 36.4 Å². The highest BCUT2D eigenvalue weighted by molar-refractivity contribution is 7.48. The molecule has 10 nitrogen and oxygen atoms in total. The largest absolute Gasteiger partial charge is 0.475 e. The molecule has 0 aliphatic rings. The zero-order chi connectivity index (χ0) is 45.0. The zero-order valence-corrected chi connectivity index (χ0v) is 39.6. The summed E-state index contributed by atoms with van der Waals surface area (Å²) in [5, 5.41) is 9.47. The monoisotopic (exact) mass is 876 g/mol. The van der Waals surface area contributed by atoms with Crippen molar-refractivity contribution in [3.63, 3.8) is 0 Å². The van der Waals surface area contributed by atoms with E-state index in [1.165, 1.54) is 0 Å². The van der Waals surface area contributed by atoms with Crippen molar-refractivity contribution < 1.29 is 32.5 Å². The van der Waals surface area contributed by atoms with Crippen molar-refractivity contribution >= 4 is 25.5 Å². The Balaban J connectivity index is 1.98. The van der Waals surface area contributed by atoms with E-state index in [4.69, 9.17) is 13.6 Å². The van der Waals surface area contributed by atoms with Gasteiger partial charge in [-0.25, -0.2) is 4.57 Å². The van der Waals surface area contributed by atoms with Gasteiger partial charge < -0.3 is 16.0 Å². The Kier molecular flexibility index (Phi) is 25.7. The van der Waals surface area contributed by atoms with E-state index in [1.54, 1.807) is 20.8 Å². The number of carbonyl (C=O) groups is 3. The first-order chi connectivity index (χ1) is 30.0. The number of amides is 3. The minimum Gasteiger partial charge on any atom is -0.347 e. The molecule has 0 heterocycles. The highest BCUT2D eigenvalue weighted by atomic mass is 31.2. The average Bonchev–Trinajstić information content (AvgIpc) is 3.27. The van der Waals surface area contributed by atoms with Crippen molar-refractivity contribution in [1.82, 2.24) is 16.0 Å². The van der Waals surface area contributed by atoms with Gasteiger partial charge in [-0.15, -0.1) is 0 Å². The van der Waals surface area contributed by atoms with Crippen molar-refractivity contribution in [3.8, 4) is 0 Å². The topological polar surface area (TPSA) is 132 Å². The van der Waals surface area contributed by atoms with Gasteiger partial charge in [0.15, 0.2) is 0 Å². The fraction of sp³-hybridized carbons (Fsp3) is 0.588. The normalized spacial score (nSPS) is 14.5. The molecule has 0 aromatic heterocycles.